The fourth-order valence-corrected chi connectivity index (χ4v) is 0.295. The molecule has 0 aromatic heterocycles. The van der Waals surface area contributed by atoms with E-state index in [1.165, 1.54) is 6.92 Å². The average Bonchev–Trinajstić information content (AvgIpc) is 1.79. The van der Waals surface area contributed by atoms with Crippen molar-refractivity contribution in [2.75, 3.05) is 6.61 Å². The number of ether oxygens (including phenoxy) is 1. The Kier molecular flexibility index (Phi) is 3.86. The molecule has 0 rings (SSSR count). The average molecular weight is 145 g/mol. The van der Waals surface area contributed by atoms with Crippen LogP contribution < -0.4 is 0 Å². The summed E-state index contributed by atoms with van der Waals surface area (Å²) in [5.74, 6) is -0.451. The lowest BCUT2D eigenvalue weighted by molar-refractivity contribution is -0.402. The van der Waals surface area contributed by atoms with Crippen molar-refractivity contribution in [2.45, 2.75) is 6.92 Å². The predicted octanol–water partition coefficient (Wildman–Crippen LogP) is 0.340. The molecule has 0 aliphatic rings. The second-order valence-corrected chi connectivity index (χ2v) is 1.47. The molecule has 0 saturated heterocycles. The van der Waals surface area contributed by atoms with Gasteiger partial charge in [-0.2, -0.15) is 0 Å². The van der Waals surface area contributed by atoms with Gasteiger partial charge in [-0.15, -0.1) is 0 Å². The summed E-state index contributed by atoms with van der Waals surface area (Å²) >= 11 is 0. The van der Waals surface area contributed by atoms with E-state index in [1.54, 1.807) is 0 Å². The molecule has 0 N–H and O–H groups in total. The molecule has 0 aromatic carbocycles. The first-order chi connectivity index (χ1) is 4.63. The molecule has 10 heavy (non-hydrogen) atoms. The van der Waals surface area contributed by atoms with Gasteiger partial charge in [-0.25, -0.2) is 0 Å². The number of nitro groups is 1. The van der Waals surface area contributed by atoms with Gasteiger partial charge >= 0.3 is 5.97 Å². The third-order valence-corrected chi connectivity index (χ3v) is 0.610. The van der Waals surface area contributed by atoms with E-state index in [1.807, 2.05) is 0 Å². The monoisotopic (exact) mass is 145 g/mol. The Bertz CT molecular complexity index is 163. The first-order valence-corrected chi connectivity index (χ1v) is 2.56. The highest BCUT2D eigenvalue weighted by molar-refractivity contribution is 5.65. The Morgan fingerprint density at radius 2 is 2.40 bits per heavy atom. The van der Waals surface area contributed by atoms with Crippen LogP contribution in [0, 0.1) is 10.1 Å². The first-order valence-electron chi connectivity index (χ1n) is 2.56. The number of carbonyl (C=O) groups excluding carboxylic acids is 1. The number of carbonyl (C=O) groups is 1. The fraction of sp³-hybridized carbons (Fsp3) is 0.400. The van der Waals surface area contributed by atoms with Crippen molar-refractivity contribution >= 4 is 5.97 Å². The summed E-state index contributed by atoms with van der Waals surface area (Å²) in [7, 11) is 0. The summed E-state index contributed by atoms with van der Waals surface area (Å²) in [4.78, 5) is 19.1. The van der Waals surface area contributed by atoms with E-state index in [0.717, 1.165) is 12.3 Å². The maximum atomic E-state index is 10.1. The molecule has 0 radical (unpaired) electrons. The van der Waals surface area contributed by atoms with Gasteiger partial charge in [0.1, 0.15) is 6.61 Å². The fourth-order valence-electron chi connectivity index (χ4n) is 0.295. The minimum Gasteiger partial charge on any atom is -0.461 e. The number of rotatable bonds is 3. The first kappa shape index (κ1) is 8.61. The van der Waals surface area contributed by atoms with E-state index >= 15 is 0 Å². The third kappa shape index (κ3) is 6.61. The van der Waals surface area contributed by atoms with E-state index in [0.29, 0.717) is 0 Å². The summed E-state index contributed by atoms with van der Waals surface area (Å²) < 4.78 is 4.36. The van der Waals surface area contributed by atoms with E-state index in [9.17, 15) is 14.9 Å². The normalized spacial score (nSPS) is 9.70. The lowest BCUT2D eigenvalue weighted by Crippen LogP contribution is -1.98. The van der Waals surface area contributed by atoms with Crippen LogP contribution in [0.4, 0.5) is 0 Å². The van der Waals surface area contributed by atoms with Gasteiger partial charge in [-0.3, -0.25) is 14.9 Å². The van der Waals surface area contributed by atoms with Crippen molar-refractivity contribution < 1.29 is 14.5 Å². The van der Waals surface area contributed by atoms with Gasteiger partial charge < -0.3 is 4.74 Å². The Morgan fingerprint density at radius 1 is 1.80 bits per heavy atom. The van der Waals surface area contributed by atoms with Crippen LogP contribution in [0.25, 0.3) is 0 Å². The highest BCUT2D eigenvalue weighted by Crippen LogP contribution is 1.78. The van der Waals surface area contributed by atoms with Crippen LogP contribution in [0.15, 0.2) is 12.3 Å². The van der Waals surface area contributed by atoms with Crippen LogP contribution in [0.5, 0.6) is 0 Å². The van der Waals surface area contributed by atoms with Crippen LogP contribution in [-0.4, -0.2) is 17.5 Å². The Hall–Kier alpha value is -1.39. The maximum absolute atomic E-state index is 10.1. The van der Waals surface area contributed by atoms with Crippen LogP contribution >= 0.6 is 0 Å². The van der Waals surface area contributed by atoms with Crippen molar-refractivity contribution in [3.8, 4) is 0 Å². The van der Waals surface area contributed by atoms with E-state index in [4.69, 9.17) is 0 Å². The Labute approximate surface area is 57.4 Å². The van der Waals surface area contributed by atoms with Crippen molar-refractivity contribution in [1.82, 2.24) is 0 Å². The molecular weight excluding hydrogens is 138 g/mol. The van der Waals surface area contributed by atoms with Crippen molar-refractivity contribution in [1.29, 1.82) is 0 Å². The van der Waals surface area contributed by atoms with Crippen LogP contribution in [-0.2, 0) is 9.53 Å². The van der Waals surface area contributed by atoms with Crippen molar-refractivity contribution in [3.05, 3.63) is 22.4 Å². The lowest BCUT2D eigenvalue weighted by Gasteiger charge is -1.91. The quantitative estimate of drug-likeness (QED) is 0.326. The molecule has 0 unspecified atom stereocenters. The summed E-state index contributed by atoms with van der Waals surface area (Å²) in [6.45, 7) is 1.19. The molecule has 0 aliphatic carbocycles. The molecule has 0 amide bonds. The van der Waals surface area contributed by atoms with Gasteiger partial charge in [0.15, 0.2) is 0 Å². The Morgan fingerprint density at radius 3 is 2.80 bits per heavy atom. The molecule has 56 valence electrons. The van der Waals surface area contributed by atoms with Gasteiger partial charge in [0.05, 0.1) is 4.92 Å². The number of nitrogens with zero attached hydrogens (tertiary/aromatic N) is 1. The van der Waals surface area contributed by atoms with Crippen molar-refractivity contribution in [3.63, 3.8) is 0 Å². The number of hydrogen-bond acceptors (Lipinski definition) is 4. The standard InChI is InChI=1S/C5H7NO4/c1-5(7)10-4-2-3-6(8)9/h2-3H,4H2,1H3/b3-2+. The molecule has 0 aromatic rings. The van der Waals surface area contributed by atoms with Gasteiger partial charge in [0.25, 0.3) is 0 Å². The lowest BCUT2D eigenvalue weighted by atomic mass is 10.6. The predicted molar refractivity (Wildman–Crippen MR) is 32.8 cm³/mol. The number of esters is 1. The molecule has 0 spiro atoms. The molecule has 5 nitrogen and oxygen atoms in total. The van der Waals surface area contributed by atoms with Gasteiger partial charge in [-0.05, 0) is 0 Å². The van der Waals surface area contributed by atoms with Gasteiger partial charge in [0.2, 0.25) is 6.20 Å². The molecule has 0 fully saturated rings. The summed E-state index contributed by atoms with van der Waals surface area (Å²) in [5.41, 5.74) is 0. The van der Waals surface area contributed by atoms with E-state index < -0.39 is 10.9 Å². The summed E-state index contributed by atoms with van der Waals surface area (Å²) in [5, 5.41) is 9.62. The summed E-state index contributed by atoms with van der Waals surface area (Å²) in [6.07, 6.45) is 1.88. The molecule has 0 saturated carbocycles. The van der Waals surface area contributed by atoms with E-state index in [2.05, 4.69) is 4.74 Å². The highest BCUT2D eigenvalue weighted by atomic mass is 16.6. The Balaban J connectivity index is 3.36. The van der Waals surface area contributed by atoms with Crippen LogP contribution in [0.2, 0.25) is 0 Å². The third-order valence-electron chi connectivity index (χ3n) is 0.610. The minimum atomic E-state index is -0.622. The molecule has 0 aliphatic heterocycles. The molecule has 0 heterocycles. The molecule has 0 bridgehead atoms. The minimum absolute atomic E-state index is 0.0453. The zero-order chi connectivity index (χ0) is 7.98. The second-order valence-electron chi connectivity index (χ2n) is 1.47. The zero-order valence-corrected chi connectivity index (χ0v) is 5.44. The number of hydrogen-bond donors (Lipinski definition) is 0. The molecule has 0 atom stereocenters. The highest BCUT2D eigenvalue weighted by Gasteiger charge is 1.88. The van der Waals surface area contributed by atoms with Gasteiger partial charge in [0, 0.05) is 13.0 Å². The SMILES string of the molecule is CC(=O)OC/C=C/[N+](=O)[O-]. The van der Waals surface area contributed by atoms with Gasteiger partial charge in [-0.1, -0.05) is 0 Å². The zero-order valence-electron chi connectivity index (χ0n) is 5.44. The van der Waals surface area contributed by atoms with E-state index in [-0.39, 0.29) is 6.61 Å². The largest absolute Gasteiger partial charge is 0.461 e. The topological polar surface area (TPSA) is 69.4 Å². The molecule has 5 heteroatoms. The van der Waals surface area contributed by atoms with Crippen LogP contribution in [0.3, 0.4) is 0 Å². The smallest absolute Gasteiger partial charge is 0.302 e. The molecular formula is C5H7NO4. The van der Waals surface area contributed by atoms with Crippen molar-refractivity contribution in [2.24, 2.45) is 0 Å². The summed E-state index contributed by atoms with van der Waals surface area (Å²) in [6, 6.07) is 0. The second kappa shape index (κ2) is 4.49. The maximum Gasteiger partial charge on any atom is 0.302 e. The van der Waals surface area contributed by atoms with Crippen LogP contribution in [0.1, 0.15) is 6.92 Å².